The van der Waals surface area contributed by atoms with Gasteiger partial charge in [0, 0.05) is 41.6 Å². The number of hydrogen-bond donors (Lipinski definition) is 8. The van der Waals surface area contributed by atoms with E-state index in [0.717, 1.165) is 22.3 Å². The number of aryl methyl sites for hydroxylation is 4. The predicted molar refractivity (Wildman–Crippen MR) is 230 cm³/mol. The van der Waals surface area contributed by atoms with Gasteiger partial charge in [-0.25, -0.2) is 9.78 Å². The number of nitrogens with zero attached hydrogens (tertiary/aromatic N) is 4. The molecule has 4 aromatic heterocycles. The van der Waals surface area contributed by atoms with Gasteiger partial charge in [-0.05, 0) is 90.8 Å². The zero-order valence-electron chi connectivity index (χ0n) is 39.0. The number of aromatic amines is 3. The summed E-state index contributed by atoms with van der Waals surface area (Å²) in [6.07, 6.45) is 4.06. The van der Waals surface area contributed by atoms with Crippen molar-refractivity contribution in [3.05, 3.63) is 105 Å². The Bertz CT molecular complexity index is 2720. The Hall–Kier alpha value is -4.50. The molecule has 0 aliphatic carbocycles. The minimum absolute atomic E-state index is 0. The van der Waals surface area contributed by atoms with Crippen LogP contribution in [0.25, 0.3) is 22.1 Å². The summed E-state index contributed by atoms with van der Waals surface area (Å²) in [5.41, 5.74) is 15.2. The number of carbonyl (C=O) groups excluding carboxylic acids is 3. The molecule has 6 rings (SSSR count). The summed E-state index contributed by atoms with van der Waals surface area (Å²) in [4.78, 5) is 91.3. The van der Waals surface area contributed by atoms with E-state index in [2.05, 4.69) is 40.2 Å². The third kappa shape index (κ3) is 22.0. The number of nitrogen functional groups attached to an aromatic ring is 2. The molecule has 0 bridgehead atoms. The van der Waals surface area contributed by atoms with E-state index in [4.69, 9.17) is 21.7 Å². The van der Waals surface area contributed by atoms with Gasteiger partial charge in [0.25, 0.3) is 11.5 Å². The normalized spacial score (nSPS) is 10.7. The predicted octanol–water partition coefficient (Wildman–Crippen LogP) is -18.3. The number of nitrogens with one attached hydrogen (secondary N) is 4. The second-order valence-corrected chi connectivity index (χ2v) is 13.8. The van der Waals surface area contributed by atoms with Crippen LogP contribution in [0.1, 0.15) is 63.9 Å². The third-order valence-corrected chi connectivity index (χ3v) is 9.44. The van der Waals surface area contributed by atoms with Gasteiger partial charge >= 0.3 is 130 Å². The van der Waals surface area contributed by atoms with Gasteiger partial charge in [0.05, 0.1) is 17.4 Å². The zero-order valence-corrected chi connectivity index (χ0v) is 47.0. The van der Waals surface area contributed by atoms with Crippen molar-refractivity contribution >= 4 is 69.6 Å². The Morgan fingerprint density at radius 2 is 1.17 bits per heavy atom. The third-order valence-electron chi connectivity index (χ3n) is 9.44. The Kier molecular flexibility index (Phi) is 37.8. The Morgan fingerprint density at radius 1 is 0.676 bits per heavy atom. The number of nitrogens with two attached hydrogens (primary N) is 2. The Morgan fingerprint density at radius 3 is 1.65 bits per heavy atom. The summed E-state index contributed by atoms with van der Waals surface area (Å²) in [6.45, 7) is 0. The van der Waals surface area contributed by atoms with Crippen LogP contribution in [-0.2, 0) is 44.9 Å². The van der Waals surface area contributed by atoms with Crippen LogP contribution >= 0.6 is 0 Å². The number of hydrogen-bond acceptors (Lipinski definition) is 16. The van der Waals surface area contributed by atoms with Gasteiger partial charge in [-0.3, -0.25) is 24.4 Å². The van der Waals surface area contributed by atoms with Crippen LogP contribution < -0.4 is 161 Å². The molecular formula is C40H48N10Na4O17. The van der Waals surface area contributed by atoms with Crippen molar-refractivity contribution in [1.29, 1.82) is 0 Å². The first-order chi connectivity index (χ1) is 29.5. The van der Waals surface area contributed by atoms with E-state index in [0.29, 0.717) is 47.8 Å². The van der Waals surface area contributed by atoms with Gasteiger partial charge in [0.15, 0.2) is 0 Å². The first kappa shape index (κ1) is 75.4. The number of carbonyl (C=O) groups is 5. The second-order valence-electron chi connectivity index (χ2n) is 13.8. The standard InChI is InChI=1S/2C20H21N5O6.4Na.5H2O/c2*21-20-24-16-15(18(29)25-20)12(9-22-16)6-3-10-1-4-11(5-2-10)17(28)23-13(19(30)31)7-8-14(26)27;;;;;;;;;/h2*1-2,4-5,9,13H,3,6-8H2,(H,23,28)(H,26,27)(H,30,31)(H4,21,22,24,25,29);;;;;5*1H2/q;;4*+1;;;;;/p-4/t2*13-;;;;;;;;;/m00........./s1. The maximum absolute atomic E-state index is 12.3. The van der Waals surface area contributed by atoms with E-state index in [1.807, 2.05) is 0 Å². The van der Waals surface area contributed by atoms with Crippen LogP contribution in [0.4, 0.5) is 11.9 Å². The number of aliphatic carboxylic acids is 4. The largest absolute Gasteiger partial charge is 1.00 e. The van der Waals surface area contributed by atoms with Crippen LogP contribution in [0.3, 0.4) is 0 Å². The molecule has 0 radical (unpaired) electrons. The first-order valence-corrected chi connectivity index (χ1v) is 18.7. The summed E-state index contributed by atoms with van der Waals surface area (Å²) < 4.78 is 0. The smallest absolute Gasteiger partial charge is 0.858 e. The molecule has 2 aromatic carbocycles. The molecule has 0 aliphatic heterocycles. The van der Waals surface area contributed by atoms with Crippen molar-refractivity contribution in [3.8, 4) is 5.88 Å². The summed E-state index contributed by atoms with van der Waals surface area (Å²) in [6, 6.07) is 10.1. The fourth-order valence-corrected chi connectivity index (χ4v) is 6.26. The van der Waals surface area contributed by atoms with E-state index < -0.39 is 66.5 Å². The van der Waals surface area contributed by atoms with Gasteiger partial charge in [0.1, 0.15) is 17.3 Å². The van der Waals surface area contributed by atoms with E-state index >= 15 is 0 Å². The van der Waals surface area contributed by atoms with Crippen LogP contribution in [0.5, 0.6) is 5.88 Å². The number of amides is 1. The van der Waals surface area contributed by atoms with Gasteiger partial charge < -0.3 is 94.4 Å². The monoisotopic (exact) mass is 1030 g/mol. The molecule has 20 N–H and O–H groups in total. The minimum atomic E-state index is -1.63. The van der Waals surface area contributed by atoms with Crippen LogP contribution in [0.2, 0.25) is 0 Å². The van der Waals surface area contributed by atoms with Crippen molar-refractivity contribution in [2.24, 2.45) is 4.99 Å². The van der Waals surface area contributed by atoms with Crippen LogP contribution in [0, 0.1) is 0 Å². The molecule has 6 aromatic rings. The van der Waals surface area contributed by atoms with Crippen molar-refractivity contribution in [1.82, 2.24) is 35.2 Å². The summed E-state index contributed by atoms with van der Waals surface area (Å²) in [5, 5.41) is 66.8. The number of aliphatic imine (C=N–C) groups is 1. The molecule has 0 unspecified atom stereocenters. The molecule has 31 heteroatoms. The molecule has 0 saturated heterocycles. The second kappa shape index (κ2) is 35.6. The maximum atomic E-state index is 12.3. The number of carboxylic acids is 4. The molecular weight excluding hydrogens is 984 g/mol. The average Bonchev–Trinajstić information content (AvgIpc) is 3.83. The van der Waals surface area contributed by atoms with E-state index in [-0.39, 0.29) is 187 Å². The van der Waals surface area contributed by atoms with Crippen molar-refractivity contribution in [2.45, 2.75) is 63.5 Å². The van der Waals surface area contributed by atoms with Crippen LogP contribution in [-0.4, -0.2) is 115 Å². The minimum Gasteiger partial charge on any atom is -0.858 e. The SMILES string of the molecule is Nc1nc([O-])c2c(CCc3ccc(C([O-])=N[C@@H](CCC(=O)[O-])C(=O)[O-])cc3)c[nH]c2n1.Nc1nc2[nH]cc(CCc3ccc(C(=O)N[C@@H](CCC(=O)O)C(=O)O)cc3)c2c(=O)[nH]1.O.O.O.O.O.[Na+].[Na+].[Na+].[Na+]. The number of rotatable bonds is 18. The van der Waals surface area contributed by atoms with E-state index in [1.165, 1.54) is 12.1 Å². The zero-order chi connectivity index (χ0) is 45.1. The quantitative estimate of drug-likeness (QED) is 0.0225. The van der Waals surface area contributed by atoms with Gasteiger partial charge in [-0.15, -0.1) is 0 Å². The molecule has 0 saturated carbocycles. The molecule has 27 nitrogen and oxygen atoms in total. The van der Waals surface area contributed by atoms with Crippen LogP contribution in [0.15, 0.2) is 70.7 Å². The molecule has 364 valence electrons. The summed E-state index contributed by atoms with van der Waals surface area (Å²) >= 11 is 0. The summed E-state index contributed by atoms with van der Waals surface area (Å²) in [5.74, 6) is -7.41. The van der Waals surface area contributed by atoms with Crippen molar-refractivity contribution in [3.63, 3.8) is 0 Å². The number of anilines is 2. The van der Waals surface area contributed by atoms with E-state index in [1.54, 1.807) is 48.8 Å². The summed E-state index contributed by atoms with van der Waals surface area (Å²) in [7, 11) is 0. The molecule has 1 amide bonds. The molecule has 0 aliphatic rings. The molecule has 4 heterocycles. The molecule has 2 atom stereocenters. The topological polar surface area (TPSA) is 555 Å². The molecule has 71 heavy (non-hydrogen) atoms. The number of aromatic nitrogens is 6. The fourth-order valence-electron chi connectivity index (χ4n) is 6.26. The number of fused-ring (bicyclic) bond motifs is 2. The van der Waals surface area contributed by atoms with Gasteiger partial charge in [-0.1, -0.05) is 36.4 Å². The van der Waals surface area contributed by atoms with Gasteiger partial charge in [0.2, 0.25) is 11.9 Å². The molecule has 0 fully saturated rings. The van der Waals surface area contributed by atoms with E-state index in [9.17, 15) is 49.2 Å². The number of H-pyrrole nitrogens is 3. The van der Waals surface area contributed by atoms with Crippen molar-refractivity contribution < 1.29 is 200 Å². The maximum Gasteiger partial charge on any atom is 1.00 e. The Labute approximate surface area is 490 Å². The first-order valence-electron chi connectivity index (χ1n) is 18.7. The van der Waals surface area contributed by atoms with Crippen molar-refractivity contribution in [2.75, 3.05) is 11.5 Å². The number of carboxylic acid groups (broad SMARTS) is 4. The van der Waals surface area contributed by atoms with Gasteiger partial charge in [-0.2, -0.15) is 9.97 Å². The average molecular weight is 1030 g/mol. The Balaban J connectivity index is -0.000000363. The fraction of sp³-hybridized carbons (Fsp3) is 0.250. The molecule has 0 spiro atoms. The number of benzene rings is 2.